The second-order valence-corrected chi connectivity index (χ2v) is 18.7. The highest BCUT2D eigenvalue weighted by Gasteiger charge is 2.42. The molecule has 59 heavy (non-hydrogen) atoms. The fourth-order valence-corrected chi connectivity index (χ4v) is 11.5. The van der Waals surface area contributed by atoms with Gasteiger partial charge < -0.3 is 39.9 Å². The van der Waals surface area contributed by atoms with Crippen molar-refractivity contribution in [3.05, 3.63) is 71.6 Å². The largest absolute Gasteiger partial charge is 0.453 e. The molecule has 6 atom stereocenters. The van der Waals surface area contributed by atoms with E-state index >= 15 is 0 Å². The van der Waals surface area contributed by atoms with Crippen LogP contribution in [0.4, 0.5) is 9.59 Å². The van der Waals surface area contributed by atoms with E-state index in [9.17, 15) is 19.2 Å². The summed E-state index contributed by atoms with van der Waals surface area (Å²) in [5.74, 6) is 3.45. The Morgan fingerprint density at radius 1 is 0.678 bits per heavy atom. The molecule has 2 aromatic carbocycles. The summed E-state index contributed by atoms with van der Waals surface area (Å²) in [5, 5.41) is 4.86. The van der Waals surface area contributed by atoms with Gasteiger partial charge in [-0.15, -0.1) is 23.5 Å². The van der Waals surface area contributed by atoms with Gasteiger partial charge in [0.15, 0.2) is 0 Å². The van der Waals surface area contributed by atoms with Crippen molar-refractivity contribution in [3.8, 4) is 33.6 Å². The van der Waals surface area contributed by atoms with Gasteiger partial charge >= 0.3 is 12.2 Å². The van der Waals surface area contributed by atoms with Gasteiger partial charge in [-0.2, -0.15) is 0 Å². The number of nitrogens with one attached hydrogen (secondary N) is 4. The Balaban J connectivity index is 1.01. The van der Waals surface area contributed by atoms with Gasteiger partial charge in [-0.1, -0.05) is 64.1 Å². The van der Waals surface area contributed by atoms with Crippen LogP contribution in [-0.4, -0.2) is 105 Å². The van der Waals surface area contributed by atoms with Crippen LogP contribution in [0.25, 0.3) is 33.6 Å². The molecule has 8 rings (SSSR count). The van der Waals surface area contributed by atoms with Crippen LogP contribution >= 0.6 is 23.5 Å². The van der Waals surface area contributed by atoms with E-state index in [0.717, 1.165) is 46.3 Å². The van der Waals surface area contributed by atoms with Crippen molar-refractivity contribution in [1.29, 1.82) is 0 Å². The highest BCUT2D eigenvalue weighted by Crippen LogP contribution is 2.58. The lowest BCUT2D eigenvalue weighted by Gasteiger charge is -2.29. The first-order chi connectivity index (χ1) is 28.5. The minimum Gasteiger partial charge on any atom is -0.453 e. The van der Waals surface area contributed by atoms with Gasteiger partial charge in [-0.25, -0.2) is 19.6 Å². The van der Waals surface area contributed by atoms with E-state index in [2.05, 4.69) is 57.0 Å². The summed E-state index contributed by atoms with van der Waals surface area (Å²) in [4.78, 5) is 71.7. The third-order valence-corrected chi connectivity index (χ3v) is 14.5. The predicted molar refractivity (Wildman–Crippen MR) is 229 cm³/mol. The Bertz CT molecular complexity index is 2220. The van der Waals surface area contributed by atoms with Gasteiger partial charge in [0.25, 0.3) is 0 Å². The van der Waals surface area contributed by atoms with Crippen LogP contribution in [0.2, 0.25) is 0 Å². The summed E-state index contributed by atoms with van der Waals surface area (Å²) in [7, 11) is 2.59. The van der Waals surface area contributed by atoms with E-state index in [1.54, 1.807) is 28.4 Å². The van der Waals surface area contributed by atoms with Gasteiger partial charge in [0.2, 0.25) is 11.8 Å². The molecule has 2 bridgehead atoms. The molecule has 4 aromatic rings. The van der Waals surface area contributed by atoms with Crippen molar-refractivity contribution in [1.82, 2.24) is 40.4 Å². The van der Waals surface area contributed by atoms with Crippen LogP contribution in [0.3, 0.4) is 0 Å². The summed E-state index contributed by atoms with van der Waals surface area (Å²) in [5.41, 5.74) is 9.23. The number of ether oxygens (including phenoxy) is 2. The Morgan fingerprint density at radius 3 is 1.64 bits per heavy atom. The summed E-state index contributed by atoms with van der Waals surface area (Å²) < 4.78 is 9.58. The highest BCUT2D eigenvalue weighted by atomic mass is 32.2. The predicted octanol–water partition coefficient (Wildman–Crippen LogP) is 7.41. The average molecular weight is 841 g/mol. The lowest BCUT2D eigenvalue weighted by molar-refractivity contribution is -0.135. The van der Waals surface area contributed by atoms with Gasteiger partial charge in [0.1, 0.15) is 34.5 Å². The Labute approximate surface area is 352 Å². The van der Waals surface area contributed by atoms with Gasteiger partial charge in [-0.05, 0) is 70.8 Å². The fraction of sp³-hybridized carbons (Fsp3) is 0.488. The molecule has 2 saturated heterocycles. The summed E-state index contributed by atoms with van der Waals surface area (Å²) in [6.45, 7) is 8.77. The third-order valence-electron chi connectivity index (χ3n) is 12.1. The maximum atomic E-state index is 13.7. The monoisotopic (exact) mass is 840 g/mol. The number of thioether (sulfide) groups is 2. The van der Waals surface area contributed by atoms with Crippen LogP contribution in [0.1, 0.15) is 92.3 Å². The van der Waals surface area contributed by atoms with Gasteiger partial charge in [-0.3, -0.25) is 9.59 Å². The van der Waals surface area contributed by atoms with E-state index in [1.807, 2.05) is 45.0 Å². The van der Waals surface area contributed by atoms with E-state index in [-0.39, 0.29) is 34.4 Å². The van der Waals surface area contributed by atoms with Crippen molar-refractivity contribution in [2.24, 2.45) is 11.8 Å². The van der Waals surface area contributed by atoms with Crippen LogP contribution in [0.5, 0.6) is 0 Å². The number of benzene rings is 2. The SMILES string of the molecule is COC(=O)N[C@H](C(=O)N1CCS[C@H]1c1ncc(-c2ccc(-c3ccc(-c4cnc([C@@H]5SCCN5C(=O)[C@@H](NC(=O)OC)C(C)C)[nH]4)c4c3C3CCC4C3)cc2)[nH]1)C(C)C. The van der Waals surface area contributed by atoms with Crippen LogP contribution in [-0.2, 0) is 19.1 Å². The molecular weight excluding hydrogens is 789 g/mol. The number of aromatic nitrogens is 4. The van der Waals surface area contributed by atoms with Crippen molar-refractivity contribution in [3.63, 3.8) is 0 Å². The summed E-state index contributed by atoms with van der Waals surface area (Å²) in [6, 6.07) is 11.7. The molecule has 0 radical (unpaired) electrons. The van der Waals surface area contributed by atoms with Crippen LogP contribution in [0.15, 0.2) is 48.8 Å². The molecule has 3 fully saturated rings. The first kappa shape index (κ1) is 40.8. The van der Waals surface area contributed by atoms with Crippen molar-refractivity contribution < 1.29 is 28.7 Å². The number of nitrogens with zero attached hydrogens (tertiary/aromatic N) is 4. The molecule has 0 spiro atoms. The average Bonchev–Trinajstić information content (AvgIpc) is 4.10. The molecule has 2 unspecified atom stereocenters. The second-order valence-electron chi connectivity index (χ2n) is 16.4. The number of hydrogen-bond acceptors (Lipinski definition) is 10. The van der Waals surface area contributed by atoms with Crippen LogP contribution in [0, 0.1) is 11.8 Å². The lowest BCUT2D eigenvalue weighted by atomic mass is 9.82. The first-order valence-electron chi connectivity index (χ1n) is 20.4. The summed E-state index contributed by atoms with van der Waals surface area (Å²) >= 11 is 3.32. The summed E-state index contributed by atoms with van der Waals surface area (Å²) in [6.07, 6.45) is 5.98. The second kappa shape index (κ2) is 17.0. The van der Waals surface area contributed by atoms with Gasteiger partial charge in [0.05, 0.1) is 38.0 Å². The molecule has 2 aliphatic carbocycles. The maximum absolute atomic E-state index is 13.7. The van der Waals surface area contributed by atoms with E-state index < -0.39 is 24.3 Å². The number of hydrogen-bond donors (Lipinski definition) is 4. The number of amides is 4. The zero-order valence-corrected chi connectivity index (χ0v) is 35.9. The molecule has 14 nitrogen and oxygen atoms in total. The molecule has 4 heterocycles. The first-order valence-corrected chi connectivity index (χ1v) is 22.5. The molecule has 312 valence electrons. The number of H-pyrrole nitrogens is 2. The number of alkyl carbamates (subject to hydrolysis) is 2. The molecule has 2 aliphatic heterocycles. The molecule has 4 amide bonds. The molecule has 16 heteroatoms. The molecule has 4 N–H and O–H groups in total. The molecular formula is C43H52N8O6S2. The number of rotatable bonds is 11. The standard InChI is InChI=1S/C43H52N8O6S2/c1-22(2)34(48-42(54)56-5)38(52)50-15-17-58-40(50)36-44-20-30(46-36)25-9-7-24(8-10-25)28-13-14-29(33-27-12-11-26(19-27)32(28)33)31-21-45-37(47-31)41-51(16-18-59-41)39(53)35(23(3)4)49-43(55)57-6/h7-10,13-14,20-23,26-27,34-35,40-41H,11-12,15-19H2,1-6H3,(H,44,46)(H,45,47)(H,48,54)(H,49,55)/t26?,27?,34-,35-,40-,41-/m0/s1. The van der Waals surface area contributed by atoms with Crippen molar-refractivity contribution >= 4 is 47.5 Å². The zero-order valence-electron chi connectivity index (χ0n) is 34.2. The Hall–Kier alpha value is -4.96. The Morgan fingerprint density at radius 2 is 1.14 bits per heavy atom. The molecule has 2 aromatic heterocycles. The fourth-order valence-electron chi connectivity index (χ4n) is 9.15. The Kier molecular flexibility index (Phi) is 11.7. The number of imidazole rings is 2. The molecule has 4 aliphatic rings. The number of methoxy groups -OCH3 is 2. The highest BCUT2D eigenvalue weighted by molar-refractivity contribution is 8.00. The molecule has 1 saturated carbocycles. The van der Waals surface area contributed by atoms with Crippen molar-refractivity contribution in [2.75, 3.05) is 38.8 Å². The maximum Gasteiger partial charge on any atom is 0.407 e. The normalized spacial score (nSPS) is 21.8. The van der Waals surface area contributed by atoms with Gasteiger partial charge in [0, 0.05) is 30.2 Å². The van der Waals surface area contributed by atoms with E-state index in [1.165, 1.54) is 49.3 Å². The third kappa shape index (κ3) is 7.81. The number of aromatic amines is 2. The number of carbonyl (C=O) groups is 4. The quantitative estimate of drug-likeness (QED) is 0.119. The number of fused-ring (bicyclic) bond motifs is 5. The van der Waals surface area contributed by atoms with E-state index in [0.29, 0.717) is 30.7 Å². The van der Waals surface area contributed by atoms with Crippen molar-refractivity contribution in [2.45, 2.75) is 81.6 Å². The minimum absolute atomic E-state index is 0.111. The number of carbonyl (C=O) groups excluding carboxylic acids is 4. The topological polar surface area (TPSA) is 175 Å². The lowest BCUT2D eigenvalue weighted by Crippen LogP contribution is -2.51. The van der Waals surface area contributed by atoms with E-state index in [4.69, 9.17) is 19.4 Å². The smallest absolute Gasteiger partial charge is 0.407 e. The van der Waals surface area contributed by atoms with Crippen LogP contribution < -0.4 is 10.6 Å². The zero-order chi connectivity index (χ0) is 41.5. The minimum atomic E-state index is -0.700.